The molecule has 1 aliphatic carbocycles. The molecule has 9 aromatic rings. The Kier molecular flexibility index (Phi) is 56.5. The molecule has 30 heteroatoms. The van der Waals surface area contributed by atoms with Gasteiger partial charge in [0, 0.05) is 43.2 Å². The van der Waals surface area contributed by atoms with E-state index < -0.39 is 24.3 Å². The Balaban J connectivity index is 0.000000265. The van der Waals surface area contributed by atoms with Crippen molar-refractivity contribution in [1.82, 2.24) is 0 Å². The van der Waals surface area contributed by atoms with E-state index >= 15 is 0 Å². The number of esters is 3. The van der Waals surface area contributed by atoms with Crippen LogP contribution in [0.1, 0.15) is 153 Å². The Bertz CT molecular complexity index is 4600. The Morgan fingerprint density at radius 2 is 0.685 bits per heavy atom. The molecule has 642 valence electrons. The second kappa shape index (κ2) is 63.5. The summed E-state index contributed by atoms with van der Waals surface area (Å²) in [5.41, 5.74) is 10.3. The van der Waals surface area contributed by atoms with Gasteiger partial charge in [0.2, 0.25) is 0 Å². The van der Waals surface area contributed by atoms with E-state index in [9.17, 15) is 27.6 Å². The van der Waals surface area contributed by atoms with Gasteiger partial charge in [-0.1, -0.05) is 87.9 Å². The summed E-state index contributed by atoms with van der Waals surface area (Å²) in [5, 5.41) is 8.87. The third kappa shape index (κ3) is 40.9. The fourth-order valence-electron chi connectivity index (χ4n) is 13.4. The van der Waals surface area contributed by atoms with Crippen molar-refractivity contribution in [2.45, 2.75) is 122 Å². The molecular formula is C97H107F3K7NO19. The van der Waals surface area contributed by atoms with Crippen LogP contribution in [0, 0.1) is 22.2 Å². The fraction of sp³-hybridized carbons (Fsp3) is 0.402. The van der Waals surface area contributed by atoms with Gasteiger partial charge in [0.05, 0.1) is 121 Å². The molecule has 20 nitrogen and oxygen atoms in total. The summed E-state index contributed by atoms with van der Waals surface area (Å²) in [6.45, 7) is 19.7. The van der Waals surface area contributed by atoms with Crippen LogP contribution in [0.2, 0.25) is 0 Å². The molecule has 0 N–H and O–H groups in total. The van der Waals surface area contributed by atoms with Gasteiger partial charge in [0.1, 0.15) is 58.2 Å². The van der Waals surface area contributed by atoms with Gasteiger partial charge in [-0.15, -0.1) is 13.2 Å². The van der Waals surface area contributed by atoms with Gasteiger partial charge >= 0.3 is 265 Å². The normalized spacial score (nSPS) is 15.3. The molecule has 0 spiro atoms. The van der Waals surface area contributed by atoms with E-state index in [1.807, 2.05) is 72.8 Å². The molecule has 4 saturated heterocycles. The Hall–Kier alpha value is 0.805. The number of alkyl halides is 3. The van der Waals surface area contributed by atoms with Crippen LogP contribution >= 0.6 is 0 Å². The van der Waals surface area contributed by atoms with E-state index in [-0.39, 0.29) is 87.5 Å². The molecule has 0 aromatic heterocycles. The summed E-state index contributed by atoms with van der Waals surface area (Å²) >= 11 is 7.50. The summed E-state index contributed by atoms with van der Waals surface area (Å²) < 4.78 is 125. The van der Waals surface area contributed by atoms with Gasteiger partial charge in [-0.2, -0.15) is 5.26 Å². The molecule has 4 fully saturated rings. The monoisotopic (exact) mass is 1920 g/mol. The summed E-state index contributed by atoms with van der Waals surface area (Å²) in [7, 11) is 0. The first kappa shape index (κ1) is 113. The van der Waals surface area contributed by atoms with Gasteiger partial charge in [-0.05, 0) is 261 Å². The zero-order valence-electron chi connectivity index (χ0n) is 76.4. The number of rotatable bonds is 45. The Labute approximate surface area is 925 Å². The standard InChI is InChI=1S/C42H44O10.C32H35F3O6.C23H27NO3.7K.H/c1-28-39-22-33(51-41(43)29-6-10-31(11-7-29)47-20-4-2-18-45-24-35-26-49-35)14-16-37(39)38-17-15-34(23-40(28)38)52-42(44)30-8-12-32(13-9-30)48-21-5-3-19-46-25-36-27-50-36;1-2-31(22-38-23-31)21-37-19-5-3-4-6-20-39-27-13-11-26(12-14-27)30(36)40-28-15-7-24(8-16-28)25-9-17-29(18-10-25)41-32(33,34)35;1-2-23(17-26-18-23)16-25-13-3-4-14-27-22-11-9-21(10-12-22)20-7-5-19(15-24)6-8-20;;;;;;;;/h6-17,22-23,28,35-36H,2-5,18-21,24-27H2,1H3;7-18H,2-6,19-23H2,1H3;5-12H,2-4,13-14,16-18H2,1H3;;;;;;;;/q;;;;;;;;;+1;-1. The minimum absolute atomic E-state index is 0. The molecule has 127 heavy (non-hydrogen) atoms. The number of carbonyl (C=O) groups excluding carboxylic acids is 3. The first-order valence-electron chi connectivity index (χ1n) is 44.5. The second-order valence-electron chi connectivity index (χ2n) is 30.6. The van der Waals surface area contributed by atoms with Gasteiger partial charge in [-0.3, -0.25) is 0 Å². The molecule has 5 aliphatic rings. The van der Waals surface area contributed by atoms with Gasteiger partial charge < -0.3 is 77.2 Å². The van der Waals surface area contributed by atoms with Crippen LogP contribution in [-0.2, 0) is 37.9 Å². The number of unbranched alkanes of at least 4 members (excludes halogenated alkanes) is 6. The van der Waals surface area contributed by atoms with Crippen molar-refractivity contribution in [2.24, 2.45) is 10.8 Å². The van der Waals surface area contributed by atoms with Crippen LogP contribution in [-0.4, -0.2) is 345 Å². The summed E-state index contributed by atoms with van der Waals surface area (Å²) in [6.07, 6.45) is 7.75. The number of epoxide rings is 2. The minimum atomic E-state index is -4.74. The van der Waals surface area contributed by atoms with E-state index in [4.69, 9.17) is 76.3 Å². The fourth-order valence-corrected chi connectivity index (χ4v) is 13.4. The van der Waals surface area contributed by atoms with Crippen molar-refractivity contribution in [1.29, 1.82) is 5.26 Å². The van der Waals surface area contributed by atoms with Gasteiger partial charge in [0.25, 0.3) is 0 Å². The molecule has 2 unspecified atom stereocenters. The molecule has 4 heterocycles. The topological polar surface area (TPSA) is 229 Å². The first-order chi connectivity index (χ1) is 61.5. The van der Waals surface area contributed by atoms with Crippen LogP contribution < -0.4 is 89.3 Å². The molecule has 0 amide bonds. The van der Waals surface area contributed by atoms with Crippen LogP contribution in [0.5, 0.6) is 46.0 Å². The second-order valence-corrected chi connectivity index (χ2v) is 30.6. The number of halogens is 3. The zero-order chi connectivity index (χ0) is 89.8. The SMILES string of the molecule is CC1c2cc(OC(=O)c3ccc(OCCCCOCC4CO4)cc3)ccc2-c2ccc(OC(=O)c3ccc(OCCCCOCC4CO4)cc3)cc21.CCC1(COCCCCCCOc2ccc(C(=O)Oc3ccc(-c4ccc(OC(F)(F)F)cc4)cc3)cc2)COC1.CCC1(COCCCCOc2ccc(-c3ccc(C#N)cc3)cc2)COC1.[H-].[K+].[K][K].[K][K].[K][K]. The van der Waals surface area contributed by atoms with Crippen LogP contribution in [0.3, 0.4) is 0 Å². The predicted octanol–water partition coefficient (Wildman–Crippen LogP) is 14.9. The average Bonchev–Trinajstić information content (AvgIpc) is 1.61. The number of benzene rings is 9. The van der Waals surface area contributed by atoms with E-state index in [2.05, 4.69) is 31.6 Å². The molecule has 0 saturated carbocycles. The molecule has 4 aliphatic heterocycles. The third-order valence-electron chi connectivity index (χ3n) is 21.3. The Morgan fingerprint density at radius 1 is 0.402 bits per heavy atom. The quantitative estimate of drug-likeness (QED) is 0.0114. The number of ether oxygens (including phenoxy) is 16. The van der Waals surface area contributed by atoms with Crippen molar-refractivity contribution in [2.75, 3.05) is 119 Å². The molecule has 0 radical (unpaired) electrons. The van der Waals surface area contributed by atoms with E-state index in [1.165, 1.54) is 214 Å². The number of hydrogen-bond donors (Lipinski definition) is 0. The van der Waals surface area contributed by atoms with Crippen LogP contribution in [0.4, 0.5) is 13.2 Å². The van der Waals surface area contributed by atoms with Gasteiger partial charge in [-0.25, -0.2) is 14.4 Å². The molecular weight excluding hydrogens is 1810 g/mol. The maximum atomic E-state index is 13.0. The van der Waals surface area contributed by atoms with Crippen LogP contribution in [0.25, 0.3) is 33.4 Å². The predicted molar refractivity (Wildman–Crippen MR) is 482 cm³/mol. The average molecular weight is 1920 g/mol. The van der Waals surface area contributed by atoms with Crippen molar-refractivity contribution in [3.05, 3.63) is 240 Å². The number of carbonyl (C=O) groups is 3. The van der Waals surface area contributed by atoms with Crippen molar-refractivity contribution >= 4 is 207 Å². The van der Waals surface area contributed by atoms with Crippen molar-refractivity contribution < 1.29 is 156 Å². The number of nitrogens with zero attached hydrogens (tertiary/aromatic N) is 1. The van der Waals surface area contributed by atoms with Crippen LogP contribution in [0.15, 0.2) is 206 Å². The Morgan fingerprint density at radius 3 is 1.00 bits per heavy atom. The first-order valence-corrected chi connectivity index (χ1v) is 92.5. The number of nitriles is 1. The van der Waals surface area contributed by atoms with Crippen molar-refractivity contribution in [3.63, 3.8) is 0 Å². The summed E-state index contributed by atoms with van der Waals surface area (Å²) in [6, 6.07) is 62.2. The maximum absolute atomic E-state index is 13.0. The number of fused-ring (bicyclic) bond motifs is 3. The molecule has 2 atom stereocenters. The third-order valence-corrected chi connectivity index (χ3v) is 21.3. The summed E-state index contributed by atoms with van der Waals surface area (Å²) in [5.74, 6) is 2.57. The van der Waals surface area contributed by atoms with Crippen molar-refractivity contribution in [3.8, 4) is 85.4 Å². The van der Waals surface area contributed by atoms with E-state index in [0.717, 1.165) is 188 Å². The molecule has 0 bridgehead atoms. The number of hydrogen-bond acceptors (Lipinski definition) is 20. The molecule has 9 aromatic carbocycles. The molecule has 14 rings (SSSR count). The summed E-state index contributed by atoms with van der Waals surface area (Å²) in [4.78, 5) is 38.5. The van der Waals surface area contributed by atoms with Gasteiger partial charge in [0.15, 0.2) is 0 Å². The zero-order valence-corrected chi connectivity index (χ0v) is 97.3. The van der Waals surface area contributed by atoms with E-state index in [1.54, 1.807) is 109 Å². The van der Waals surface area contributed by atoms with E-state index in [0.29, 0.717) is 115 Å².